The number of sulfonamides is 1. The molecule has 1 saturated carbocycles. The number of nitrogens with one attached hydrogen (secondary N) is 1. The van der Waals surface area contributed by atoms with E-state index in [2.05, 4.69) is 5.32 Å². The lowest BCUT2D eigenvalue weighted by molar-refractivity contribution is -0.140. The Kier molecular flexibility index (Phi) is 10.5. The van der Waals surface area contributed by atoms with E-state index < -0.39 is 40.2 Å². The number of hydrogen-bond acceptors (Lipinski definition) is 4. The van der Waals surface area contributed by atoms with Crippen molar-refractivity contribution in [2.24, 2.45) is 0 Å². The average molecular weight is 646 g/mol. The molecule has 0 aromatic heterocycles. The first-order valence-electron chi connectivity index (χ1n) is 15.3. The molecule has 1 fully saturated rings. The molecular weight excluding hydrogens is 608 g/mol. The SMILES string of the molecule is Cc1ccc(N(CC(=O)N(Cc2ccc(F)cc2)C(Cc2ccccc2)C(=O)NC2CCCC2)S(=O)(=O)c2ccc(F)cc2)cc1. The van der Waals surface area contributed by atoms with Crippen molar-refractivity contribution >= 4 is 27.5 Å². The second-order valence-electron chi connectivity index (χ2n) is 11.6. The van der Waals surface area contributed by atoms with Crippen molar-refractivity contribution in [3.05, 3.63) is 131 Å². The lowest BCUT2D eigenvalue weighted by Gasteiger charge is -2.34. The second-order valence-corrected chi connectivity index (χ2v) is 13.5. The van der Waals surface area contributed by atoms with Crippen molar-refractivity contribution in [3.8, 4) is 0 Å². The molecule has 2 amide bonds. The van der Waals surface area contributed by atoms with Gasteiger partial charge in [-0.1, -0.05) is 73.0 Å². The van der Waals surface area contributed by atoms with E-state index in [1.807, 2.05) is 37.3 Å². The number of nitrogens with zero attached hydrogens (tertiary/aromatic N) is 2. The normalized spacial score (nSPS) is 14.1. The molecule has 240 valence electrons. The van der Waals surface area contributed by atoms with Crippen LogP contribution in [0.3, 0.4) is 0 Å². The zero-order valence-corrected chi connectivity index (χ0v) is 26.4. The van der Waals surface area contributed by atoms with Crippen LogP contribution in [0.1, 0.15) is 42.4 Å². The van der Waals surface area contributed by atoms with Gasteiger partial charge in [-0.2, -0.15) is 0 Å². The van der Waals surface area contributed by atoms with Gasteiger partial charge in [-0.3, -0.25) is 13.9 Å². The van der Waals surface area contributed by atoms with Crippen molar-refractivity contribution in [2.75, 3.05) is 10.8 Å². The molecule has 0 radical (unpaired) electrons. The van der Waals surface area contributed by atoms with Crippen molar-refractivity contribution in [3.63, 3.8) is 0 Å². The second kappa shape index (κ2) is 14.7. The van der Waals surface area contributed by atoms with Crippen LogP contribution in [0.5, 0.6) is 0 Å². The number of halogens is 2. The standard InChI is InChI=1S/C36H37F2N3O4S/c1-26-11-19-32(20-12-26)41(46(44,45)33-21-17-30(38)18-22-33)25-35(42)40(24-28-13-15-29(37)16-14-28)34(23-27-7-3-2-4-8-27)36(43)39-31-9-5-6-10-31/h2-4,7-8,11-22,31,34H,5-6,9-10,23-25H2,1H3,(H,39,43). The first kappa shape index (κ1) is 32.8. The van der Waals surface area contributed by atoms with E-state index in [1.165, 1.54) is 29.2 Å². The number of aryl methyl sites for hydroxylation is 1. The Labute approximate surface area is 268 Å². The fourth-order valence-electron chi connectivity index (χ4n) is 5.68. The van der Waals surface area contributed by atoms with Crippen LogP contribution in [0.25, 0.3) is 0 Å². The summed E-state index contributed by atoms with van der Waals surface area (Å²) >= 11 is 0. The molecular formula is C36H37F2N3O4S. The maximum absolute atomic E-state index is 14.5. The molecule has 0 saturated heterocycles. The molecule has 1 unspecified atom stereocenters. The number of carbonyl (C=O) groups is 2. The summed E-state index contributed by atoms with van der Waals surface area (Å²) < 4.78 is 56.6. The zero-order valence-electron chi connectivity index (χ0n) is 25.6. The van der Waals surface area contributed by atoms with Gasteiger partial charge in [0.1, 0.15) is 24.2 Å². The molecule has 1 N–H and O–H groups in total. The molecule has 0 bridgehead atoms. The van der Waals surface area contributed by atoms with Gasteiger partial charge >= 0.3 is 0 Å². The highest BCUT2D eigenvalue weighted by Crippen LogP contribution is 2.26. The smallest absolute Gasteiger partial charge is 0.264 e. The number of amides is 2. The molecule has 0 heterocycles. The van der Waals surface area contributed by atoms with Crippen molar-refractivity contribution in [1.82, 2.24) is 10.2 Å². The minimum atomic E-state index is -4.35. The molecule has 1 aliphatic carbocycles. The number of hydrogen-bond donors (Lipinski definition) is 1. The van der Waals surface area contributed by atoms with Crippen LogP contribution >= 0.6 is 0 Å². The highest BCUT2D eigenvalue weighted by Gasteiger charge is 2.35. The maximum Gasteiger partial charge on any atom is 0.264 e. The molecule has 5 rings (SSSR count). The summed E-state index contributed by atoms with van der Waals surface area (Å²) in [6.45, 7) is 1.16. The van der Waals surface area contributed by atoms with Crippen LogP contribution in [0.15, 0.2) is 108 Å². The van der Waals surface area contributed by atoms with Gasteiger partial charge in [0.2, 0.25) is 11.8 Å². The minimum Gasteiger partial charge on any atom is -0.352 e. The van der Waals surface area contributed by atoms with Crippen LogP contribution in [0.2, 0.25) is 0 Å². The molecule has 7 nitrogen and oxygen atoms in total. The summed E-state index contributed by atoms with van der Waals surface area (Å²) in [5.74, 6) is -2.01. The van der Waals surface area contributed by atoms with Crippen LogP contribution in [-0.4, -0.2) is 43.8 Å². The molecule has 4 aromatic rings. The van der Waals surface area contributed by atoms with Gasteiger partial charge in [0, 0.05) is 19.0 Å². The van der Waals surface area contributed by atoms with E-state index in [1.54, 1.807) is 24.3 Å². The summed E-state index contributed by atoms with van der Waals surface area (Å²) in [5.41, 5.74) is 2.52. The highest BCUT2D eigenvalue weighted by molar-refractivity contribution is 7.92. The first-order valence-corrected chi connectivity index (χ1v) is 16.8. The third kappa shape index (κ3) is 8.17. The van der Waals surface area contributed by atoms with E-state index in [0.717, 1.165) is 65.4 Å². The van der Waals surface area contributed by atoms with Gasteiger partial charge in [-0.15, -0.1) is 0 Å². The van der Waals surface area contributed by atoms with Gasteiger partial charge in [0.05, 0.1) is 10.6 Å². The van der Waals surface area contributed by atoms with Crippen LogP contribution in [0, 0.1) is 18.6 Å². The van der Waals surface area contributed by atoms with Crippen molar-refractivity contribution in [1.29, 1.82) is 0 Å². The Morgan fingerprint density at radius 2 is 1.39 bits per heavy atom. The van der Waals surface area contributed by atoms with E-state index in [9.17, 15) is 26.8 Å². The summed E-state index contributed by atoms with van der Waals surface area (Å²) in [5, 5.41) is 3.12. The summed E-state index contributed by atoms with van der Waals surface area (Å²) in [6.07, 6.45) is 3.86. The van der Waals surface area contributed by atoms with Crippen molar-refractivity contribution < 1.29 is 26.8 Å². The van der Waals surface area contributed by atoms with Crippen LogP contribution < -0.4 is 9.62 Å². The van der Waals surface area contributed by atoms with Crippen LogP contribution in [-0.2, 0) is 32.6 Å². The molecule has 1 atom stereocenters. The fourth-order valence-corrected chi connectivity index (χ4v) is 7.10. The molecule has 0 aliphatic heterocycles. The van der Waals surface area contributed by atoms with E-state index in [-0.39, 0.29) is 35.5 Å². The number of rotatable bonds is 12. The molecule has 1 aliphatic rings. The number of carbonyl (C=O) groups excluding carboxylic acids is 2. The summed E-state index contributed by atoms with van der Waals surface area (Å²) in [6, 6.07) is 25.0. The number of anilines is 1. The number of benzene rings is 4. The minimum absolute atomic E-state index is 0.0172. The van der Waals surface area contributed by atoms with Crippen molar-refractivity contribution in [2.45, 2.75) is 62.6 Å². The third-order valence-electron chi connectivity index (χ3n) is 8.24. The monoisotopic (exact) mass is 645 g/mol. The Morgan fingerprint density at radius 1 is 0.804 bits per heavy atom. The summed E-state index contributed by atoms with van der Waals surface area (Å²) in [7, 11) is -4.35. The lowest BCUT2D eigenvalue weighted by atomic mass is 10.0. The van der Waals surface area contributed by atoms with Gasteiger partial charge in [0.15, 0.2) is 0 Å². The topological polar surface area (TPSA) is 86.8 Å². The lowest BCUT2D eigenvalue weighted by Crippen LogP contribution is -2.54. The van der Waals surface area contributed by atoms with Gasteiger partial charge in [-0.05, 0) is 79.4 Å². The van der Waals surface area contributed by atoms with Gasteiger partial charge in [-0.25, -0.2) is 17.2 Å². The summed E-state index contributed by atoms with van der Waals surface area (Å²) in [4.78, 5) is 29.7. The quantitative estimate of drug-likeness (QED) is 0.200. The predicted molar refractivity (Wildman–Crippen MR) is 173 cm³/mol. The van der Waals surface area contributed by atoms with E-state index in [4.69, 9.17) is 0 Å². The molecule has 10 heteroatoms. The zero-order chi connectivity index (χ0) is 32.7. The third-order valence-corrected chi connectivity index (χ3v) is 10.0. The largest absolute Gasteiger partial charge is 0.352 e. The Hall–Kier alpha value is -4.57. The fraction of sp³-hybridized carbons (Fsp3) is 0.278. The highest BCUT2D eigenvalue weighted by atomic mass is 32.2. The van der Waals surface area contributed by atoms with Gasteiger partial charge < -0.3 is 10.2 Å². The van der Waals surface area contributed by atoms with E-state index in [0.29, 0.717) is 5.56 Å². The maximum atomic E-state index is 14.5. The Bertz CT molecular complexity index is 1730. The Morgan fingerprint density at radius 3 is 2.00 bits per heavy atom. The first-order chi connectivity index (χ1) is 22.1. The molecule has 0 spiro atoms. The predicted octanol–water partition coefficient (Wildman–Crippen LogP) is 6.17. The molecule has 4 aromatic carbocycles. The van der Waals surface area contributed by atoms with Crippen LogP contribution in [0.4, 0.5) is 14.5 Å². The average Bonchev–Trinajstić information content (AvgIpc) is 3.56. The molecule has 46 heavy (non-hydrogen) atoms. The van der Waals surface area contributed by atoms with Gasteiger partial charge in [0.25, 0.3) is 10.0 Å². The van der Waals surface area contributed by atoms with E-state index >= 15 is 0 Å². The Balaban J connectivity index is 1.55.